The van der Waals surface area contributed by atoms with E-state index in [0.717, 1.165) is 10.5 Å². The predicted octanol–water partition coefficient (Wildman–Crippen LogP) is 2.38. The van der Waals surface area contributed by atoms with E-state index in [0.29, 0.717) is 13.0 Å². The van der Waals surface area contributed by atoms with Gasteiger partial charge in [-0.1, -0.05) is 24.3 Å². The Morgan fingerprint density at radius 2 is 2.15 bits per heavy atom. The Labute approximate surface area is 116 Å². The number of rotatable bonds is 4. The lowest BCUT2D eigenvalue weighted by Crippen LogP contribution is -2.44. The Morgan fingerprint density at radius 3 is 2.80 bits per heavy atom. The monoisotopic (exact) mass is 284 g/mol. The first-order valence-corrected chi connectivity index (χ1v) is 6.64. The molecule has 1 N–H and O–H groups in total. The third-order valence-corrected chi connectivity index (χ3v) is 3.29. The van der Waals surface area contributed by atoms with E-state index < -0.39 is 25.3 Å². The molecule has 1 unspecified atom stereocenters. The molecule has 2 rings (SSSR count). The molecule has 110 valence electrons. The molecular weight excluding hydrogens is 266 g/mol. The van der Waals surface area contributed by atoms with Crippen LogP contribution in [0, 0.1) is 0 Å². The first-order valence-electron chi connectivity index (χ1n) is 6.64. The number of carbonyl (C=O) groups excluding carboxylic acids is 1. The first-order chi connectivity index (χ1) is 9.60. The smallest absolute Gasteiger partial charge is 0.411 e. The van der Waals surface area contributed by atoms with Crippen molar-refractivity contribution >= 4 is 6.09 Å². The molecule has 0 saturated carbocycles. The van der Waals surface area contributed by atoms with E-state index in [1.54, 1.807) is 6.92 Å². The maximum atomic E-state index is 12.3. The zero-order valence-corrected chi connectivity index (χ0v) is 11.3. The van der Waals surface area contributed by atoms with Gasteiger partial charge in [0.25, 0.3) is 6.43 Å². The van der Waals surface area contributed by atoms with Crippen LogP contribution in [0.3, 0.4) is 0 Å². The molecule has 1 aliphatic heterocycles. The Balaban J connectivity index is 1.93. The number of alkyl halides is 2. The highest BCUT2D eigenvalue weighted by atomic mass is 19.3. The van der Waals surface area contributed by atoms with Crippen LogP contribution in [-0.4, -0.2) is 36.7 Å². The topological polar surface area (TPSA) is 41.6 Å². The van der Waals surface area contributed by atoms with E-state index in [2.05, 4.69) is 5.32 Å². The summed E-state index contributed by atoms with van der Waals surface area (Å²) in [5.41, 5.74) is 2.28. The number of halogens is 2. The molecule has 1 aromatic carbocycles. The molecule has 1 heterocycles. The minimum absolute atomic E-state index is 0.201. The van der Waals surface area contributed by atoms with Gasteiger partial charge in [0.15, 0.2) is 6.23 Å². The standard InChI is InChI=1S/C14H18F2N2O2/c1-2-18(9-12(15)16)14(19)20-13-7-10-5-3-4-6-11(10)8-17-13/h3-6,12-13,17H,2,7-9H2,1H3. The number of hydrogen-bond acceptors (Lipinski definition) is 3. The second-order valence-corrected chi connectivity index (χ2v) is 4.66. The summed E-state index contributed by atoms with van der Waals surface area (Å²) in [4.78, 5) is 12.8. The summed E-state index contributed by atoms with van der Waals surface area (Å²) in [5, 5.41) is 3.08. The van der Waals surface area contributed by atoms with Crippen LogP contribution in [0.5, 0.6) is 0 Å². The highest BCUT2D eigenvalue weighted by Crippen LogP contribution is 2.17. The lowest BCUT2D eigenvalue weighted by atomic mass is 10.0. The molecule has 0 aliphatic carbocycles. The van der Waals surface area contributed by atoms with Crippen LogP contribution < -0.4 is 5.32 Å². The maximum Gasteiger partial charge on any atom is 0.411 e. The Hall–Kier alpha value is -1.69. The second-order valence-electron chi connectivity index (χ2n) is 4.66. The van der Waals surface area contributed by atoms with Crippen molar-refractivity contribution in [2.45, 2.75) is 32.5 Å². The fraction of sp³-hybridized carbons (Fsp3) is 0.500. The largest absolute Gasteiger partial charge is 0.430 e. The summed E-state index contributed by atoms with van der Waals surface area (Å²) in [5.74, 6) is 0. The van der Waals surface area contributed by atoms with E-state index in [4.69, 9.17) is 4.74 Å². The van der Waals surface area contributed by atoms with Crippen molar-refractivity contribution in [3.05, 3.63) is 35.4 Å². The Morgan fingerprint density at radius 1 is 1.45 bits per heavy atom. The van der Waals surface area contributed by atoms with Crippen LogP contribution in [-0.2, 0) is 17.7 Å². The average Bonchev–Trinajstić information content (AvgIpc) is 2.44. The predicted molar refractivity (Wildman–Crippen MR) is 70.5 cm³/mol. The van der Waals surface area contributed by atoms with Gasteiger partial charge < -0.3 is 9.64 Å². The molecule has 1 aliphatic rings. The summed E-state index contributed by atoms with van der Waals surface area (Å²) < 4.78 is 29.9. The molecule has 0 radical (unpaired) electrons. The summed E-state index contributed by atoms with van der Waals surface area (Å²) in [6.45, 7) is 1.85. The summed E-state index contributed by atoms with van der Waals surface area (Å²) in [6, 6.07) is 7.87. The van der Waals surface area contributed by atoms with Gasteiger partial charge in [0.2, 0.25) is 0 Å². The maximum absolute atomic E-state index is 12.3. The van der Waals surface area contributed by atoms with Crippen molar-refractivity contribution in [1.82, 2.24) is 10.2 Å². The van der Waals surface area contributed by atoms with Gasteiger partial charge in [-0.2, -0.15) is 0 Å². The summed E-state index contributed by atoms with van der Waals surface area (Å²) in [6.07, 6.45) is -3.18. The molecule has 0 spiro atoms. The molecular formula is C14H18F2N2O2. The number of benzene rings is 1. The van der Waals surface area contributed by atoms with E-state index >= 15 is 0 Å². The molecule has 1 aromatic rings. The highest BCUT2D eigenvalue weighted by Gasteiger charge is 2.24. The first kappa shape index (κ1) is 14.7. The summed E-state index contributed by atoms with van der Waals surface area (Å²) in [7, 11) is 0. The quantitative estimate of drug-likeness (QED) is 0.923. The van der Waals surface area contributed by atoms with Crippen molar-refractivity contribution in [2.24, 2.45) is 0 Å². The molecule has 6 heteroatoms. The minimum atomic E-state index is -2.55. The minimum Gasteiger partial charge on any atom is -0.430 e. The fourth-order valence-corrected chi connectivity index (χ4v) is 2.20. The Bertz CT molecular complexity index is 468. The normalized spacial score (nSPS) is 17.7. The number of nitrogens with zero attached hydrogens (tertiary/aromatic N) is 1. The van der Waals surface area contributed by atoms with Gasteiger partial charge in [-0.25, -0.2) is 13.6 Å². The van der Waals surface area contributed by atoms with E-state index in [1.165, 1.54) is 5.56 Å². The van der Waals surface area contributed by atoms with Crippen LogP contribution in [0.25, 0.3) is 0 Å². The lowest BCUT2D eigenvalue weighted by Gasteiger charge is -2.28. The number of carbonyl (C=O) groups is 1. The van der Waals surface area contributed by atoms with Crippen LogP contribution >= 0.6 is 0 Å². The molecule has 0 bridgehead atoms. The lowest BCUT2D eigenvalue weighted by molar-refractivity contribution is 0.0263. The van der Waals surface area contributed by atoms with Crippen LogP contribution in [0.2, 0.25) is 0 Å². The second kappa shape index (κ2) is 6.65. The van der Waals surface area contributed by atoms with Crippen molar-refractivity contribution in [1.29, 1.82) is 0 Å². The molecule has 1 atom stereocenters. The van der Waals surface area contributed by atoms with Gasteiger partial charge in [0.05, 0.1) is 6.54 Å². The van der Waals surface area contributed by atoms with Crippen molar-refractivity contribution in [3.8, 4) is 0 Å². The van der Waals surface area contributed by atoms with Gasteiger partial charge in [0, 0.05) is 19.5 Å². The number of fused-ring (bicyclic) bond motifs is 1. The molecule has 4 nitrogen and oxygen atoms in total. The van der Waals surface area contributed by atoms with Crippen molar-refractivity contribution in [2.75, 3.05) is 13.1 Å². The zero-order valence-electron chi connectivity index (χ0n) is 11.3. The average molecular weight is 284 g/mol. The van der Waals surface area contributed by atoms with Crippen LogP contribution in [0.15, 0.2) is 24.3 Å². The molecule has 1 amide bonds. The Kier molecular flexibility index (Phi) is 4.89. The third-order valence-electron chi connectivity index (χ3n) is 3.29. The molecule has 0 saturated heterocycles. The number of amides is 1. The van der Waals surface area contributed by atoms with E-state index in [-0.39, 0.29) is 6.54 Å². The fourth-order valence-electron chi connectivity index (χ4n) is 2.20. The van der Waals surface area contributed by atoms with Crippen LogP contribution in [0.4, 0.5) is 13.6 Å². The van der Waals surface area contributed by atoms with Gasteiger partial charge in [-0.15, -0.1) is 0 Å². The number of nitrogens with one attached hydrogen (secondary N) is 1. The van der Waals surface area contributed by atoms with E-state index in [1.807, 2.05) is 24.3 Å². The zero-order chi connectivity index (χ0) is 14.5. The third kappa shape index (κ3) is 3.66. The van der Waals surface area contributed by atoms with Gasteiger partial charge >= 0.3 is 6.09 Å². The van der Waals surface area contributed by atoms with Gasteiger partial charge in [-0.3, -0.25) is 5.32 Å². The SMILES string of the molecule is CCN(CC(F)F)C(=O)OC1Cc2ccccc2CN1. The van der Waals surface area contributed by atoms with Gasteiger partial charge in [-0.05, 0) is 18.1 Å². The highest BCUT2D eigenvalue weighted by molar-refractivity contribution is 5.67. The van der Waals surface area contributed by atoms with Crippen molar-refractivity contribution in [3.63, 3.8) is 0 Å². The number of hydrogen-bond donors (Lipinski definition) is 1. The molecule has 0 fully saturated rings. The van der Waals surface area contributed by atoms with Crippen LogP contribution in [0.1, 0.15) is 18.1 Å². The molecule has 20 heavy (non-hydrogen) atoms. The molecule has 0 aromatic heterocycles. The summed E-state index contributed by atoms with van der Waals surface area (Å²) >= 11 is 0. The number of ether oxygens (including phenoxy) is 1. The van der Waals surface area contributed by atoms with Crippen molar-refractivity contribution < 1.29 is 18.3 Å². The van der Waals surface area contributed by atoms with E-state index in [9.17, 15) is 13.6 Å². The van der Waals surface area contributed by atoms with Gasteiger partial charge in [0.1, 0.15) is 0 Å².